The van der Waals surface area contributed by atoms with E-state index in [0.717, 1.165) is 37.2 Å². The van der Waals surface area contributed by atoms with Gasteiger partial charge >= 0.3 is 0 Å². The van der Waals surface area contributed by atoms with Gasteiger partial charge in [0.05, 0.1) is 0 Å². The molecule has 2 aromatic carbocycles. The van der Waals surface area contributed by atoms with Gasteiger partial charge < -0.3 is 9.84 Å². The average Bonchev–Trinajstić information content (AvgIpc) is 2.88. The molecule has 0 saturated carbocycles. The van der Waals surface area contributed by atoms with Crippen LogP contribution in [0.1, 0.15) is 128 Å². The molecule has 0 radical (unpaired) electrons. The molecule has 35 heavy (non-hydrogen) atoms. The molecule has 2 heteroatoms. The molecule has 1 N–H and O–H groups in total. The maximum absolute atomic E-state index is 10.0. The zero-order valence-electron chi connectivity index (χ0n) is 22.8. The van der Waals surface area contributed by atoms with Crippen LogP contribution in [-0.4, -0.2) is 18.3 Å². The lowest BCUT2D eigenvalue weighted by Crippen LogP contribution is -2.00. The third kappa shape index (κ3) is 13.2. The first-order valence-electron chi connectivity index (χ1n) is 14.7. The van der Waals surface area contributed by atoms with E-state index >= 15 is 0 Å². The van der Waals surface area contributed by atoms with Crippen molar-refractivity contribution in [3.8, 4) is 16.9 Å². The molecule has 2 rings (SSSR count). The summed E-state index contributed by atoms with van der Waals surface area (Å²) in [5.74, 6) is 0.863. The number of phenols is 1. The molecule has 0 bridgehead atoms. The van der Waals surface area contributed by atoms with Gasteiger partial charge in [0.15, 0.2) is 0 Å². The molecule has 0 amide bonds. The highest BCUT2D eigenvalue weighted by molar-refractivity contribution is 5.70. The van der Waals surface area contributed by atoms with E-state index in [4.69, 9.17) is 4.74 Å². The van der Waals surface area contributed by atoms with Crippen molar-refractivity contribution in [1.82, 2.24) is 0 Å². The Morgan fingerprint density at radius 3 is 1.71 bits per heavy atom. The summed E-state index contributed by atoms with van der Waals surface area (Å²) in [7, 11) is 0. The Hall–Kier alpha value is -1.80. The summed E-state index contributed by atoms with van der Waals surface area (Å²) in [5.41, 5.74) is 3.32. The Morgan fingerprint density at radius 2 is 1.14 bits per heavy atom. The Bertz CT molecular complexity index is 752. The van der Waals surface area contributed by atoms with E-state index in [2.05, 4.69) is 38.1 Å². The molecule has 0 aliphatic rings. The van der Waals surface area contributed by atoms with Crippen LogP contribution >= 0.6 is 0 Å². The van der Waals surface area contributed by atoms with Crippen LogP contribution in [-0.2, 0) is 4.74 Å². The second kappa shape index (κ2) is 19.4. The first kappa shape index (κ1) is 29.4. The first-order valence-corrected chi connectivity index (χ1v) is 14.7. The largest absolute Gasteiger partial charge is 0.507 e. The summed E-state index contributed by atoms with van der Waals surface area (Å²) in [6.45, 7) is 6.38. The number of unbranched alkanes of at least 4 members (excludes halogenated alkanes) is 13. The highest BCUT2D eigenvalue weighted by Gasteiger charge is 2.08. The summed E-state index contributed by atoms with van der Waals surface area (Å²) < 4.78 is 5.89. The first-order chi connectivity index (χ1) is 17.2. The fourth-order valence-electron chi connectivity index (χ4n) is 4.87. The number of hydrogen-bond acceptors (Lipinski definition) is 2. The second-order valence-corrected chi connectivity index (χ2v) is 10.4. The van der Waals surface area contributed by atoms with Crippen LogP contribution < -0.4 is 0 Å². The van der Waals surface area contributed by atoms with Crippen LogP contribution in [0.4, 0.5) is 0 Å². The van der Waals surface area contributed by atoms with Gasteiger partial charge in [-0.3, -0.25) is 0 Å². The van der Waals surface area contributed by atoms with Gasteiger partial charge in [-0.25, -0.2) is 0 Å². The Labute approximate surface area is 216 Å². The molecule has 2 aromatic rings. The van der Waals surface area contributed by atoms with Crippen LogP contribution in [0, 0.1) is 0 Å². The lowest BCUT2D eigenvalue weighted by molar-refractivity contribution is 0.125. The van der Waals surface area contributed by atoms with Crippen LogP contribution in [0.5, 0.6) is 5.75 Å². The van der Waals surface area contributed by atoms with Crippen LogP contribution in [0.25, 0.3) is 11.1 Å². The van der Waals surface area contributed by atoms with Gasteiger partial charge in [0.25, 0.3) is 0 Å². The molecule has 1 unspecified atom stereocenters. The van der Waals surface area contributed by atoms with Crippen LogP contribution in [0.15, 0.2) is 48.5 Å². The van der Waals surface area contributed by atoms with E-state index < -0.39 is 0 Å². The van der Waals surface area contributed by atoms with Crippen LogP contribution in [0.3, 0.4) is 0 Å². The molecule has 0 saturated heterocycles. The van der Waals surface area contributed by atoms with Crippen molar-refractivity contribution in [1.29, 1.82) is 0 Å². The topological polar surface area (TPSA) is 29.5 Å². The highest BCUT2D eigenvalue weighted by atomic mass is 16.5. The van der Waals surface area contributed by atoms with Gasteiger partial charge in [-0.15, -0.1) is 0 Å². The number of benzene rings is 2. The SMILES string of the molecule is CCCCCCCCCCCCCCCCOCCCC(C)c1ccc(-c2ccccc2O)cc1. The average molecular weight is 481 g/mol. The predicted octanol–water partition coefficient (Wildman–Crippen LogP) is 10.4. The van der Waals surface area contributed by atoms with E-state index in [0.29, 0.717) is 11.7 Å². The number of para-hydroxylation sites is 1. The summed E-state index contributed by atoms with van der Waals surface area (Å²) in [6.07, 6.45) is 21.9. The lowest BCUT2D eigenvalue weighted by Gasteiger charge is -2.13. The number of ether oxygens (including phenoxy) is 1. The molecule has 1 atom stereocenters. The van der Waals surface area contributed by atoms with Gasteiger partial charge in [0, 0.05) is 18.8 Å². The smallest absolute Gasteiger partial charge is 0.123 e. The van der Waals surface area contributed by atoms with Crippen molar-refractivity contribution in [3.63, 3.8) is 0 Å². The highest BCUT2D eigenvalue weighted by Crippen LogP contribution is 2.30. The minimum Gasteiger partial charge on any atom is -0.507 e. The second-order valence-electron chi connectivity index (χ2n) is 10.4. The monoisotopic (exact) mass is 480 g/mol. The van der Waals surface area contributed by atoms with Gasteiger partial charge in [-0.05, 0) is 42.4 Å². The number of aromatic hydroxyl groups is 1. The third-order valence-corrected chi connectivity index (χ3v) is 7.26. The molecule has 196 valence electrons. The molecule has 0 aromatic heterocycles. The summed E-state index contributed by atoms with van der Waals surface area (Å²) in [4.78, 5) is 0. The Kier molecular flexibility index (Phi) is 16.3. The molecular weight excluding hydrogens is 428 g/mol. The van der Waals surface area contributed by atoms with E-state index in [-0.39, 0.29) is 0 Å². The fourth-order valence-corrected chi connectivity index (χ4v) is 4.87. The van der Waals surface area contributed by atoms with Gasteiger partial charge in [0.2, 0.25) is 0 Å². The van der Waals surface area contributed by atoms with Crippen molar-refractivity contribution >= 4 is 0 Å². The number of rotatable bonds is 21. The van der Waals surface area contributed by atoms with E-state index in [9.17, 15) is 5.11 Å². The van der Waals surface area contributed by atoms with Crippen molar-refractivity contribution < 1.29 is 9.84 Å². The summed E-state index contributed by atoms with van der Waals surface area (Å²) in [6, 6.07) is 16.2. The van der Waals surface area contributed by atoms with E-state index in [1.807, 2.05) is 18.2 Å². The minimum absolute atomic E-state index is 0.337. The zero-order valence-corrected chi connectivity index (χ0v) is 22.8. The number of hydrogen-bond donors (Lipinski definition) is 1. The van der Waals surface area contributed by atoms with Crippen molar-refractivity contribution in [2.45, 2.75) is 122 Å². The van der Waals surface area contributed by atoms with Crippen molar-refractivity contribution in [2.24, 2.45) is 0 Å². The van der Waals surface area contributed by atoms with E-state index in [1.165, 1.54) is 95.5 Å². The number of phenolic OH excluding ortho intramolecular Hbond substituents is 1. The van der Waals surface area contributed by atoms with Gasteiger partial charge in [0.1, 0.15) is 5.75 Å². The van der Waals surface area contributed by atoms with E-state index in [1.54, 1.807) is 6.07 Å². The molecular formula is C33H52O2. The standard InChI is InChI=1S/C33H52O2/c1-3-4-5-6-7-8-9-10-11-12-13-14-15-18-27-35-28-19-20-29(2)30-23-25-31(26-24-30)32-21-16-17-22-33(32)34/h16-17,21-26,29,34H,3-15,18-20,27-28H2,1-2H3. The lowest BCUT2D eigenvalue weighted by atomic mass is 9.94. The molecule has 0 spiro atoms. The third-order valence-electron chi connectivity index (χ3n) is 7.26. The normalized spacial score (nSPS) is 12.2. The molecule has 0 heterocycles. The van der Waals surface area contributed by atoms with Crippen molar-refractivity contribution in [3.05, 3.63) is 54.1 Å². The van der Waals surface area contributed by atoms with Crippen LogP contribution in [0.2, 0.25) is 0 Å². The van der Waals surface area contributed by atoms with Gasteiger partial charge in [-0.1, -0.05) is 140 Å². The fraction of sp³-hybridized carbons (Fsp3) is 0.636. The zero-order chi connectivity index (χ0) is 25.0. The maximum Gasteiger partial charge on any atom is 0.123 e. The molecule has 0 aliphatic heterocycles. The maximum atomic E-state index is 10.0. The van der Waals surface area contributed by atoms with Crippen molar-refractivity contribution in [2.75, 3.05) is 13.2 Å². The van der Waals surface area contributed by atoms with Gasteiger partial charge in [-0.2, -0.15) is 0 Å². The predicted molar refractivity (Wildman–Crippen MR) is 152 cm³/mol. The molecule has 0 fully saturated rings. The summed E-state index contributed by atoms with van der Waals surface area (Å²) in [5, 5.41) is 10.0. The Balaban J connectivity index is 1.39. The Morgan fingerprint density at radius 1 is 0.629 bits per heavy atom. The quantitative estimate of drug-likeness (QED) is 0.180. The molecule has 2 nitrogen and oxygen atoms in total. The minimum atomic E-state index is 0.337. The molecule has 0 aliphatic carbocycles. The summed E-state index contributed by atoms with van der Waals surface area (Å²) >= 11 is 0.